The molecule has 7 heteroatoms. The highest BCUT2D eigenvalue weighted by molar-refractivity contribution is 7.08. The number of likely N-dealkylation sites (tertiary alicyclic amines) is 1. The van der Waals surface area contributed by atoms with E-state index in [1.165, 1.54) is 4.90 Å². The van der Waals surface area contributed by atoms with Crippen LogP contribution < -0.4 is 0 Å². The number of hydrogen-bond donors (Lipinski definition) is 0. The first-order valence-corrected chi connectivity index (χ1v) is 12.4. The van der Waals surface area contributed by atoms with Crippen molar-refractivity contribution in [2.24, 2.45) is 0 Å². The monoisotopic (exact) mass is 383 g/mol. The normalized spacial score (nSPS) is 21.2. The van der Waals surface area contributed by atoms with Gasteiger partial charge in [0.15, 0.2) is 14.4 Å². The van der Waals surface area contributed by atoms with Crippen molar-refractivity contribution in [2.75, 3.05) is 0 Å². The van der Waals surface area contributed by atoms with Gasteiger partial charge >= 0.3 is 6.09 Å². The van der Waals surface area contributed by atoms with Crippen molar-refractivity contribution in [3.8, 4) is 0 Å². The lowest BCUT2D eigenvalue weighted by atomic mass is 9.93. The highest BCUT2D eigenvalue weighted by atomic mass is 32.1. The Bertz CT molecular complexity index is 599. The van der Waals surface area contributed by atoms with E-state index in [1.807, 2.05) is 16.8 Å². The van der Waals surface area contributed by atoms with Gasteiger partial charge in [-0.2, -0.15) is 11.3 Å². The molecule has 1 aromatic rings. The largest absolute Gasteiger partial charge is 0.443 e. The van der Waals surface area contributed by atoms with Crippen molar-refractivity contribution in [3.63, 3.8) is 0 Å². The zero-order valence-electron chi connectivity index (χ0n) is 16.0. The van der Waals surface area contributed by atoms with Crippen LogP contribution in [0.3, 0.4) is 0 Å². The van der Waals surface area contributed by atoms with E-state index in [2.05, 4.69) is 20.8 Å². The lowest BCUT2D eigenvalue weighted by Gasteiger charge is -2.48. The predicted molar refractivity (Wildman–Crippen MR) is 102 cm³/mol. The number of β-lactam (4-membered cyclic amide) rings is 1. The quantitative estimate of drug-likeness (QED) is 0.515. The molecule has 0 bridgehead atoms. The van der Waals surface area contributed by atoms with Crippen molar-refractivity contribution < 1.29 is 18.8 Å². The molecule has 0 aromatic carbocycles. The Morgan fingerprint density at radius 3 is 2.28 bits per heavy atom. The van der Waals surface area contributed by atoms with Gasteiger partial charge in [-0.25, -0.2) is 9.69 Å². The van der Waals surface area contributed by atoms with Crippen LogP contribution in [0.15, 0.2) is 16.8 Å². The number of hydrogen-bond acceptors (Lipinski definition) is 5. The fourth-order valence-electron chi connectivity index (χ4n) is 3.13. The van der Waals surface area contributed by atoms with Crippen LogP contribution in [0.5, 0.6) is 0 Å². The number of thiophene rings is 1. The Kier molecular flexibility index (Phi) is 6.12. The first kappa shape index (κ1) is 20.1. The van der Waals surface area contributed by atoms with Gasteiger partial charge in [0.2, 0.25) is 0 Å². The van der Waals surface area contributed by atoms with Gasteiger partial charge in [0.1, 0.15) is 11.6 Å². The second kappa shape index (κ2) is 7.59. The molecule has 2 heterocycles. The van der Waals surface area contributed by atoms with Crippen LogP contribution in [-0.4, -0.2) is 36.9 Å². The highest BCUT2D eigenvalue weighted by Gasteiger charge is 2.56. The lowest BCUT2D eigenvalue weighted by molar-refractivity contribution is -0.162. The summed E-state index contributed by atoms with van der Waals surface area (Å²) in [5.74, 6) is -0.280. The molecule has 0 N–H and O–H groups in total. The van der Waals surface area contributed by atoms with E-state index in [-0.39, 0.29) is 11.9 Å². The molecule has 0 aliphatic carbocycles. The number of nitrogens with zero attached hydrogens (tertiary/aromatic N) is 1. The van der Waals surface area contributed by atoms with Crippen molar-refractivity contribution in [1.29, 1.82) is 0 Å². The number of ether oxygens (including phenoxy) is 1. The molecule has 0 spiro atoms. The average Bonchev–Trinajstić information content (AvgIpc) is 3.05. The van der Waals surface area contributed by atoms with Gasteiger partial charge < -0.3 is 9.16 Å². The SMILES string of the molecule is CC[Si](CC)(CC)O[C@H]1C(=O)N(C(=O)OC(C)(C)C)[C@H]1c1ccsc1. The summed E-state index contributed by atoms with van der Waals surface area (Å²) in [6.07, 6.45) is -1.17. The second-order valence-corrected chi connectivity index (χ2v) is 13.0. The summed E-state index contributed by atoms with van der Waals surface area (Å²) < 4.78 is 11.8. The number of rotatable bonds is 6. The Labute approximate surface area is 155 Å². The lowest BCUT2D eigenvalue weighted by Crippen LogP contribution is -2.65. The van der Waals surface area contributed by atoms with Crippen molar-refractivity contribution >= 4 is 31.7 Å². The maximum atomic E-state index is 12.7. The third-order valence-electron chi connectivity index (χ3n) is 4.83. The van der Waals surface area contributed by atoms with Crippen molar-refractivity contribution in [2.45, 2.75) is 77.4 Å². The molecule has 0 saturated carbocycles. The molecule has 5 nitrogen and oxygen atoms in total. The zero-order chi connectivity index (χ0) is 18.8. The topological polar surface area (TPSA) is 55.8 Å². The maximum absolute atomic E-state index is 12.7. The third-order valence-corrected chi connectivity index (χ3v) is 10.2. The van der Waals surface area contributed by atoms with E-state index in [9.17, 15) is 9.59 Å². The van der Waals surface area contributed by atoms with Gasteiger partial charge in [-0.1, -0.05) is 20.8 Å². The summed E-state index contributed by atoms with van der Waals surface area (Å²) in [5.41, 5.74) is 0.295. The van der Waals surface area contributed by atoms with Crippen LogP contribution >= 0.6 is 11.3 Å². The third kappa shape index (κ3) is 4.15. The Morgan fingerprint density at radius 1 is 1.24 bits per heavy atom. The van der Waals surface area contributed by atoms with Gasteiger partial charge in [-0.3, -0.25) is 4.79 Å². The van der Waals surface area contributed by atoms with E-state index >= 15 is 0 Å². The van der Waals surface area contributed by atoms with Crippen LogP contribution in [-0.2, 0) is 14.0 Å². The van der Waals surface area contributed by atoms with Crippen LogP contribution in [0.2, 0.25) is 18.1 Å². The maximum Gasteiger partial charge on any atom is 0.417 e. The molecule has 0 radical (unpaired) electrons. The molecule has 1 aliphatic heterocycles. The Hall–Kier alpha value is -1.18. The molecular weight excluding hydrogens is 354 g/mol. The Balaban J connectivity index is 2.27. The fraction of sp³-hybridized carbons (Fsp3) is 0.667. The molecule has 140 valence electrons. The number of amides is 2. The minimum atomic E-state index is -1.95. The number of imide groups is 1. The molecule has 1 fully saturated rings. The van der Waals surface area contributed by atoms with Gasteiger partial charge in [-0.15, -0.1) is 0 Å². The smallest absolute Gasteiger partial charge is 0.417 e. The number of carbonyl (C=O) groups excluding carboxylic acids is 2. The molecule has 0 unspecified atom stereocenters. The molecule has 1 saturated heterocycles. The van der Waals surface area contributed by atoms with E-state index in [4.69, 9.17) is 9.16 Å². The molecule has 2 amide bonds. The van der Waals surface area contributed by atoms with E-state index in [0.29, 0.717) is 0 Å². The minimum Gasteiger partial charge on any atom is -0.443 e. The minimum absolute atomic E-state index is 0.280. The summed E-state index contributed by atoms with van der Waals surface area (Å²) in [6, 6.07) is 4.46. The Morgan fingerprint density at radius 2 is 1.84 bits per heavy atom. The van der Waals surface area contributed by atoms with E-state index in [0.717, 1.165) is 23.7 Å². The molecular formula is C18H29NO4SSi. The molecule has 1 aromatic heterocycles. The first-order valence-electron chi connectivity index (χ1n) is 8.94. The highest BCUT2D eigenvalue weighted by Crippen LogP contribution is 2.41. The summed E-state index contributed by atoms with van der Waals surface area (Å²) in [6.45, 7) is 11.8. The van der Waals surface area contributed by atoms with Gasteiger partial charge in [0.25, 0.3) is 5.91 Å². The van der Waals surface area contributed by atoms with Crippen LogP contribution in [0.1, 0.15) is 53.1 Å². The van der Waals surface area contributed by atoms with E-state index < -0.39 is 26.1 Å². The summed E-state index contributed by atoms with van der Waals surface area (Å²) in [4.78, 5) is 26.5. The van der Waals surface area contributed by atoms with Gasteiger partial charge in [0.05, 0.1) is 0 Å². The fourth-order valence-corrected chi connectivity index (χ4v) is 6.59. The summed E-state index contributed by atoms with van der Waals surface area (Å²) in [7, 11) is -1.95. The van der Waals surface area contributed by atoms with E-state index in [1.54, 1.807) is 32.1 Å². The van der Waals surface area contributed by atoms with Gasteiger partial charge in [-0.05, 0) is 61.3 Å². The van der Waals surface area contributed by atoms with Gasteiger partial charge in [0, 0.05) is 0 Å². The van der Waals surface area contributed by atoms with Crippen LogP contribution in [0, 0.1) is 0 Å². The number of carbonyl (C=O) groups is 2. The van der Waals surface area contributed by atoms with Crippen molar-refractivity contribution in [3.05, 3.63) is 22.4 Å². The zero-order valence-corrected chi connectivity index (χ0v) is 17.8. The predicted octanol–water partition coefficient (Wildman–Crippen LogP) is 4.96. The standard InChI is InChI=1S/C18H29NO4SSi/c1-7-25(8-2,9-3)23-15-14(13-10-11-24-12-13)19(16(15)20)17(21)22-18(4,5)6/h10-12,14-15H,7-9H2,1-6H3/t14-,15+/m0/s1. The first-order chi connectivity index (χ1) is 11.7. The van der Waals surface area contributed by atoms with Crippen molar-refractivity contribution in [1.82, 2.24) is 4.90 Å². The molecule has 1 aliphatic rings. The molecule has 2 rings (SSSR count). The summed E-state index contributed by atoms with van der Waals surface area (Å²) >= 11 is 1.55. The second-order valence-electron chi connectivity index (χ2n) is 7.47. The molecule has 2 atom stereocenters. The van der Waals surface area contributed by atoms with Crippen LogP contribution in [0.25, 0.3) is 0 Å². The molecule has 25 heavy (non-hydrogen) atoms. The van der Waals surface area contributed by atoms with Crippen LogP contribution in [0.4, 0.5) is 4.79 Å². The average molecular weight is 384 g/mol. The summed E-state index contributed by atoms with van der Waals surface area (Å²) in [5, 5.41) is 3.92.